The lowest BCUT2D eigenvalue weighted by atomic mass is 10.2. The Morgan fingerprint density at radius 3 is 2.67 bits per heavy atom. The molecule has 0 atom stereocenters. The van der Waals surface area contributed by atoms with E-state index in [2.05, 4.69) is 32.5 Å². The molecule has 1 heterocycles. The summed E-state index contributed by atoms with van der Waals surface area (Å²) in [5.41, 5.74) is 2.21. The van der Waals surface area contributed by atoms with Crippen molar-refractivity contribution in [1.82, 2.24) is 15.2 Å². The zero-order valence-corrected chi connectivity index (χ0v) is 19.8. The highest BCUT2D eigenvalue weighted by molar-refractivity contribution is 14.0. The third kappa shape index (κ3) is 6.84. The van der Waals surface area contributed by atoms with Crippen molar-refractivity contribution in [1.29, 1.82) is 0 Å². The first-order valence-electron chi connectivity index (χ1n) is 8.67. The van der Waals surface area contributed by atoms with E-state index in [4.69, 9.17) is 9.47 Å². The van der Waals surface area contributed by atoms with E-state index in [-0.39, 0.29) is 24.0 Å². The first-order valence-corrected chi connectivity index (χ1v) is 9.55. The molecule has 27 heavy (non-hydrogen) atoms. The van der Waals surface area contributed by atoms with Crippen molar-refractivity contribution in [3.05, 3.63) is 39.8 Å². The molecule has 0 amide bonds. The third-order valence-electron chi connectivity index (χ3n) is 4.04. The topological polar surface area (TPSA) is 59.0 Å². The van der Waals surface area contributed by atoms with Crippen LogP contribution in [0.25, 0.3) is 0 Å². The van der Waals surface area contributed by atoms with Crippen LogP contribution in [0.15, 0.2) is 28.6 Å². The van der Waals surface area contributed by atoms with Crippen LogP contribution < -0.4 is 14.8 Å². The van der Waals surface area contributed by atoms with Crippen LogP contribution in [-0.2, 0) is 19.4 Å². The number of aromatic nitrogens is 1. The number of hydrogen-bond acceptors (Lipinski definition) is 5. The number of benzene rings is 1. The number of thiazole rings is 1. The Labute approximate surface area is 183 Å². The fraction of sp³-hybridized carbons (Fsp3) is 0.474. The number of guanidine groups is 1. The van der Waals surface area contributed by atoms with Gasteiger partial charge in [0.1, 0.15) is 11.5 Å². The van der Waals surface area contributed by atoms with Crippen molar-refractivity contribution < 1.29 is 9.47 Å². The molecule has 0 aliphatic rings. The highest BCUT2D eigenvalue weighted by Crippen LogP contribution is 2.25. The smallest absolute Gasteiger partial charge is 0.193 e. The van der Waals surface area contributed by atoms with Crippen LogP contribution in [0.1, 0.15) is 23.2 Å². The summed E-state index contributed by atoms with van der Waals surface area (Å²) in [7, 11) is 7.13. The standard InChI is InChI=1S/C19H28N4O2S.HI/c1-6-18-22-15(13-26-18)9-10-21-19(20-2)23(3)12-14-7-8-16(24-4)11-17(14)25-5;/h7-8,11,13H,6,9-10,12H2,1-5H3,(H,20,21);1H. The van der Waals surface area contributed by atoms with E-state index in [1.54, 1.807) is 32.6 Å². The molecule has 2 aromatic rings. The molecule has 6 nitrogen and oxygen atoms in total. The van der Waals surface area contributed by atoms with E-state index >= 15 is 0 Å². The fourth-order valence-electron chi connectivity index (χ4n) is 2.63. The van der Waals surface area contributed by atoms with Crippen LogP contribution in [0.3, 0.4) is 0 Å². The number of nitrogens with one attached hydrogen (secondary N) is 1. The molecular formula is C19H29IN4O2S. The Balaban J connectivity index is 0.00000364. The monoisotopic (exact) mass is 504 g/mol. The minimum absolute atomic E-state index is 0. The number of hydrogen-bond donors (Lipinski definition) is 1. The molecule has 0 spiro atoms. The maximum atomic E-state index is 5.48. The van der Waals surface area contributed by atoms with Gasteiger partial charge in [0.2, 0.25) is 0 Å². The lowest BCUT2D eigenvalue weighted by Gasteiger charge is -2.23. The molecule has 150 valence electrons. The van der Waals surface area contributed by atoms with Crippen molar-refractivity contribution in [2.24, 2.45) is 4.99 Å². The summed E-state index contributed by atoms with van der Waals surface area (Å²) in [6.07, 6.45) is 1.88. The minimum atomic E-state index is 0. The van der Waals surface area contributed by atoms with Gasteiger partial charge in [0.05, 0.1) is 24.9 Å². The van der Waals surface area contributed by atoms with E-state index in [9.17, 15) is 0 Å². The number of rotatable bonds is 8. The van der Waals surface area contributed by atoms with Gasteiger partial charge in [0.15, 0.2) is 5.96 Å². The Bertz CT molecular complexity index is 736. The highest BCUT2D eigenvalue weighted by Gasteiger charge is 2.11. The lowest BCUT2D eigenvalue weighted by Crippen LogP contribution is -2.39. The Kier molecular flexibility index (Phi) is 10.5. The van der Waals surface area contributed by atoms with Gasteiger partial charge >= 0.3 is 0 Å². The number of nitrogens with zero attached hydrogens (tertiary/aromatic N) is 3. The molecule has 2 rings (SSSR count). The molecule has 0 radical (unpaired) electrons. The Morgan fingerprint density at radius 2 is 2.07 bits per heavy atom. The second-order valence-corrected chi connectivity index (χ2v) is 6.79. The third-order valence-corrected chi connectivity index (χ3v) is 5.08. The fourth-order valence-corrected chi connectivity index (χ4v) is 3.41. The maximum absolute atomic E-state index is 5.48. The van der Waals surface area contributed by atoms with Crippen molar-refractivity contribution >= 4 is 41.3 Å². The summed E-state index contributed by atoms with van der Waals surface area (Å²) in [5.74, 6) is 2.43. The van der Waals surface area contributed by atoms with Crippen LogP contribution in [-0.4, -0.2) is 50.7 Å². The first-order chi connectivity index (χ1) is 12.6. The SMILES string of the molecule is CCc1nc(CCNC(=NC)N(C)Cc2ccc(OC)cc2OC)cs1.I. The predicted octanol–water partition coefficient (Wildman–Crippen LogP) is 3.59. The molecule has 0 aliphatic carbocycles. The van der Waals surface area contributed by atoms with Crippen LogP contribution in [0.2, 0.25) is 0 Å². The average Bonchev–Trinajstić information content (AvgIpc) is 3.13. The van der Waals surface area contributed by atoms with Crippen LogP contribution in [0.5, 0.6) is 11.5 Å². The second kappa shape index (κ2) is 12.0. The van der Waals surface area contributed by atoms with E-state index < -0.39 is 0 Å². The normalized spacial score (nSPS) is 10.9. The average molecular weight is 504 g/mol. The van der Waals surface area contributed by atoms with Gasteiger partial charge in [0.25, 0.3) is 0 Å². The van der Waals surface area contributed by atoms with Gasteiger partial charge in [-0.2, -0.15) is 0 Å². The molecule has 0 fully saturated rings. The number of methoxy groups -OCH3 is 2. The zero-order valence-electron chi connectivity index (χ0n) is 16.6. The van der Waals surface area contributed by atoms with E-state index in [0.717, 1.165) is 48.1 Å². The predicted molar refractivity (Wildman–Crippen MR) is 123 cm³/mol. The van der Waals surface area contributed by atoms with Crippen LogP contribution in [0, 0.1) is 0 Å². The van der Waals surface area contributed by atoms with Gasteiger partial charge in [0, 0.05) is 50.6 Å². The second-order valence-electron chi connectivity index (χ2n) is 5.84. The number of aliphatic imine (C=N–C) groups is 1. The molecule has 0 aliphatic heterocycles. The Hall–Kier alpha value is -1.55. The summed E-state index contributed by atoms with van der Waals surface area (Å²) in [4.78, 5) is 11.0. The van der Waals surface area contributed by atoms with Gasteiger partial charge in [-0.15, -0.1) is 35.3 Å². The summed E-state index contributed by atoms with van der Waals surface area (Å²) in [5, 5.41) is 6.72. The van der Waals surface area contributed by atoms with Crippen molar-refractivity contribution in [2.75, 3.05) is 34.9 Å². The van der Waals surface area contributed by atoms with Gasteiger partial charge in [-0.3, -0.25) is 4.99 Å². The lowest BCUT2D eigenvalue weighted by molar-refractivity contribution is 0.382. The van der Waals surface area contributed by atoms with Crippen molar-refractivity contribution in [2.45, 2.75) is 26.3 Å². The van der Waals surface area contributed by atoms with Gasteiger partial charge in [-0.25, -0.2) is 4.98 Å². The van der Waals surface area contributed by atoms with Crippen molar-refractivity contribution in [3.8, 4) is 11.5 Å². The van der Waals surface area contributed by atoms with E-state index in [0.29, 0.717) is 6.54 Å². The summed E-state index contributed by atoms with van der Waals surface area (Å²) >= 11 is 1.73. The van der Waals surface area contributed by atoms with Gasteiger partial charge < -0.3 is 19.7 Å². The molecule has 1 aromatic carbocycles. The summed E-state index contributed by atoms with van der Waals surface area (Å²) < 4.78 is 10.7. The van der Waals surface area contributed by atoms with Crippen LogP contribution in [0.4, 0.5) is 0 Å². The molecule has 0 saturated heterocycles. The molecule has 0 unspecified atom stereocenters. The molecule has 1 N–H and O–H groups in total. The molecule has 0 bridgehead atoms. The number of ether oxygens (including phenoxy) is 2. The van der Waals surface area contributed by atoms with E-state index in [1.165, 1.54) is 5.01 Å². The summed E-state index contributed by atoms with van der Waals surface area (Å²) in [6.45, 7) is 3.61. The van der Waals surface area contributed by atoms with Gasteiger partial charge in [-0.1, -0.05) is 6.92 Å². The number of halogens is 1. The molecule has 0 saturated carbocycles. The maximum Gasteiger partial charge on any atom is 0.193 e. The minimum Gasteiger partial charge on any atom is -0.497 e. The van der Waals surface area contributed by atoms with Crippen molar-refractivity contribution in [3.63, 3.8) is 0 Å². The molecule has 1 aromatic heterocycles. The molecule has 8 heteroatoms. The zero-order chi connectivity index (χ0) is 18.9. The van der Waals surface area contributed by atoms with E-state index in [1.807, 2.05) is 25.2 Å². The largest absolute Gasteiger partial charge is 0.497 e. The quantitative estimate of drug-likeness (QED) is 0.339. The highest BCUT2D eigenvalue weighted by atomic mass is 127. The van der Waals surface area contributed by atoms with Crippen LogP contribution >= 0.6 is 35.3 Å². The first kappa shape index (κ1) is 23.5. The number of aryl methyl sites for hydroxylation is 1. The Morgan fingerprint density at radius 1 is 1.30 bits per heavy atom. The summed E-state index contributed by atoms with van der Waals surface area (Å²) in [6, 6.07) is 5.85. The molecular weight excluding hydrogens is 475 g/mol. The van der Waals surface area contributed by atoms with Gasteiger partial charge in [-0.05, 0) is 18.6 Å².